The zero-order chi connectivity index (χ0) is 12.3. The number of carbonyl (C=O) groups excluding carboxylic acids is 1. The van der Waals surface area contributed by atoms with E-state index >= 15 is 0 Å². The maximum atomic E-state index is 11.4. The number of benzene rings is 2. The SMILES string of the molecule is CCC(=O)N[C@H](C)c1cccc2ccccc12. The van der Waals surface area contributed by atoms with Crippen molar-refractivity contribution in [1.82, 2.24) is 5.32 Å². The van der Waals surface area contributed by atoms with Crippen LogP contribution in [0.1, 0.15) is 31.9 Å². The monoisotopic (exact) mass is 227 g/mol. The van der Waals surface area contributed by atoms with Crippen LogP contribution in [-0.4, -0.2) is 5.91 Å². The predicted octanol–water partition coefficient (Wildman–Crippen LogP) is 3.43. The van der Waals surface area contributed by atoms with E-state index in [0.717, 1.165) is 0 Å². The first kappa shape index (κ1) is 11.6. The van der Waals surface area contributed by atoms with Gasteiger partial charge in [-0.1, -0.05) is 49.4 Å². The fourth-order valence-electron chi connectivity index (χ4n) is 2.05. The van der Waals surface area contributed by atoms with Crippen LogP contribution in [0.5, 0.6) is 0 Å². The second-order valence-corrected chi connectivity index (χ2v) is 4.21. The molecule has 0 spiro atoms. The molecule has 0 heterocycles. The van der Waals surface area contributed by atoms with E-state index in [2.05, 4.69) is 29.6 Å². The molecule has 2 rings (SSSR count). The van der Waals surface area contributed by atoms with Crippen LogP contribution in [0.2, 0.25) is 0 Å². The Bertz CT molecular complexity index is 528. The third-order valence-corrected chi connectivity index (χ3v) is 2.99. The van der Waals surface area contributed by atoms with E-state index in [-0.39, 0.29) is 11.9 Å². The van der Waals surface area contributed by atoms with Crippen LogP contribution in [0.4, 0.5) is 0 Å². The highest BCUT2D eigenvalue weighted by Crippen LogP contribution is 2.23. The molecule has 0 fully saturated rings. The molecule has 2 aromatic carbocycles. The summed E-state index contributed by atoms with van der Waals surface area (Å²) < 4.78 is 0. The molecule has 1 amide bonds. The van der Waals surface area contributed by atoms with Crippen LogP contribution in [-0.2, 0) is 4.79 Å². The minimum absolute atomic E-state index is 0.0496. The van der Waals surface area contributed by atoms with Gasteiger partial charge in [-0.25, -0.2) is 0 Å². The first-order valence-corrected chi connectivity index (χ1v) is 5.99. The second-order valence-electron chi connectivity index (χ2n) is 4.21. The van der Waals surface area contributed by atoms with Crippen molar-refractivity contribution < 1.29 is 4.79 Å². The molecule has 0 aliphatic heterocycles. The lowest BCUT2D eigenvalue weighted by Gasteiger charge is -2.16. The van der Waals surface area contributed by atoms with Crippen molar-refractivity contribution in [1.29, 1.82) is 0 Å². The molecule has 0 unspecified atom stereocenters. The number of hydrogen-bond acceptors (Lipinski definition) is 1. The molecule has 1 atom stereocenters. The molecule has 0 aliphatic carbocycles. The molecule has 2 aromatic rings. The number of fused-ring (bicyclic) bond motifs is 1. The molecule has 1 N–H and O–H groups in total. The van der Waals surface area contributed by atoms with Gasteiger partial charge in [0, 0.05) is 6.42 Å². The molecule has 2 heteroatoms. The first-order chi connectivity index (χ1) is 8.22. The Hall–Kier alpha value is -1.83. The minimum atomic E-state index is 0.0496. The van der Waals surface area contributed by atoms with E-state index in [1.54, 1.807) is 0 Å². The van der Waals surface area contributed by atoms with Crippen molar-refractivity contribution >= 4 is 16.7 Å². The average molecular weight is 227 g/mol. The van der Waals surface area contributed by atoms with Gasteiger partial charge in [0.15, 0.2) is 0 Å². The standard InChI is InChI=1S/C15H17NO/c1-3-15(17)16-11(2)13-10-6-8-12-7-4-5-9-14(12)13/h4-11H,3H2,1-2H3,(H,16,17)/t11-/m1/s1. The summed E-state index contributed by atoms with van der Waals surface area (Å²) in [5.74, 6) is 0.0884. The molecule has 0 bridgehead atoms. The molecule has 0 saturated heterocycles. The smallest absolute Gasteiger partial charge is 0.220 e. The van der Waals surface area contributed by atoms with Gasteiger partial charge in [0.25, 0.3) is 0 Å². The molecule has 88 valence electrons. The number of amides is 1. The topological polar surface area (TPSA) is 29.1 Å². The van der Waals surface area contributed by atoms with E-state index in [9.17, 15) is 4.79 Å². The van der Waals surface area contributed by atoms with E-state index in [1.165, 1.54) is 16.3 Å². The summed E-state index contributed by atoms with van der Waals surface area (Å²) in [4.78, 5) is 11.4. The van der Waals surface area contributed by atoms with Gasteiger partial charge in [-0.2, -0.15) is 0 Å². The van der Waals surface area contributed by atoms with E-state index < -0.39 is 0 Å². The minimum Gasteiger partial charge on any atom is -0.350 e. The summed E-state index contributed by atoms with van der Waals surface area (Å²) in [6.45, 7) is 3.89. The van der Waals surface area contributed by atoms with Gasteiger partial charge >= 0.3 is 0 Å². The van der Waals surface area contributed by atoms with Gasteiger partial charge in [-0.05, 0) is 23.3 Å². The molecule has 0 saturated carbocycles. The van der Waals surface area contributed by atoms with Gasteiger partial charge in [0.1, 0.15) is 0 Å². The van der Waals surface area contributed by atoms with E-state index in [1.807, 2.05) is 32.0 Å². The molecule has 0 aromatic heterocycles. The Morgan fingerprint density at radius 1 is 1.18 bits per heavy atom. The van der Waals surface area contributed by atoms with Crippen molar-refractivity contribution in [2.45, 2.75) is 26.3 Å². The highest BCUT2D eigenvalue weighted by Gasteiger charge is 2.10. The molecule has 2 nitrogen and oxygen atoms in total. The van der Waals surface area contributed by atoms with Crippen molar-refractivity contribution in [3.63, 3.8) is 0 Å². The Morgan fingerprint density at radius 3 is 2.65 bits per heavy atom. The lowest BCUT2D eigenvalue weighted by molar-refractivity contribution is -0.121. The fourth-order valence-corrected chi connectivity index (χ4v) is 2.05. The number of rotatable bonds is 3. The van der Waals surface area contributed by atoms with Crippen LogP contribution in [0.3, 0.4) is 0 Å². The number of nitrogens with one attached hydrogen (secondary N) is 1. The third-order valence-electron chi connectivity index (χ3n) is 2.99. The summed E-state index contributed by atoms with van der Waals surface area (Å²) in [6, 6.07) is 14.5. The Kier molecular flexibility index (Phi) is 3.43. The van der Waals surface area contributed by atoms with Crippen molar-refractivity contribution in [3.8, 4) is 0 Å². The van der Waals surface area contributed by atoms with Gasteiger partial charge in [0.05, 0.1) is 6.04 Å². The number of hydrogen-bond donors (Lipinski definition) is 1. The quantitative estimate of drug-likeness (QED) is 0.855. The van der Waals surface area contributed by atoms with Crippen molar-refractivity contribution in [2.24, 2.45) is 0 Å². The lowest BCUT2D eigenvalue weighted by Crippen LogP contribution is -2.25. The van der Waals surface area contributed by atoms with Gasteiger partial charge in [0.2, 0.25) is 5.91 Å². The lowest BCUT2D eigenvalue weighted by atomic mass is 9.99. The zero-order valence-electron chi connectivity index (χ0n) is 10.2. The summed E-state index contributed by atoms with van der Waals surface area (Å²) >= 11 is 0. The Morgan fingerprint density at radius 2 is 1.88 bits per heavy atom. The third kappa shape index (κ3) is 2.47. The maximum Gasteiger partial charge on any atom is 0.220 e. The summed E-state index contributed by atoms with van der Waals surface area (Å²) in [6.07, 6.45) is 0.523. The van der Waals surface area contributed by atoms with Gasteiger partial charge < -0.3 is 5.32 Å². The average Bonchev–Trinajstić information content (AvgIpc) is 2.37. The van der Waals surface area contributed by atoms with Gasteiger partial charge in [-0.15, -0.1) is 0 Å². The van der Waals surface area contributed by atoms with Crippen LogP contribution in [0.25, 0.3) is 10.8 Å². The highest BCUT2D eigenvalue weighted by atomic mass is 16.1. The number of carbonyl (C=O) groups is 1. The van der Waals surface area contributed by atoms with Crippen LogP contribution < -0.4 is 5.32 Å². The van der Waals surface area contributed by atoms with Crippen LogP contribution in [0, 0.1) is 0 Å². The normalized spacial score (nSPS) is 12.4. The van der Waals surface area contributed by atoms with Crippen LogP contribution >= 0.6 is 0 Å². The molecular weight excluding hydrogens is 210 g/mol. The molecular formula is C15H17NO. The molecule has 17 heavy (non-hydrogen) atoms. The zero-order valence-corrected chi connectivity index (χ0v) is 10.2. The molecule has 0 aliphatic rings. The Balaban J connectivity index is 2.38. The van der Waals surface area contributed by atoms with E-state index in [4.69, 9.17) is 0 Å². The van der Waals surface area contributed by atoms with E-state index in [0.29, 0.717) is 6.42 Å². The van der Waals surface area contributed by atoms with Crippen molar-refractivity contribution in [2.75, 3.05) is 0 Å². The van der Waals surface area contributed by atoms with Crippen LogP contribution in [0.15, 0.2) is 42.5 Å². The summed E-state index contributed by atoms with van der Waals surface area (Å²) in [5.41, 5.74) is 1.17. The first-order valence-electron chi connectivity index (χ1n) is 5.99. The summed E-state index contributed by atoms with van der Waals surface area (Å²) in [5, 5.41) is 5.42. The second kappa shape index (κ2) is 5.00. The largest absolute Gasteiger partial charge is 0.350 e. The maximum absolute atomic E-state index is 11.4. The van der Waals surface area contributed by atoms with Gasteiger partial charge in [-0.3, -0.25) is 4.79 Å². The summed E-state index contributed by atoms with van der Waals surface area (Å²) in [7, 11) is 0. The molecule has 0 radical (unpaired) electrons. The van der Waals surface area contributed by atoms with Crippen molar-refractivity contribution in [3.05, 3.63) is 48.0 Å². The predicted molar refractivity (Wildman–Crippen MR) is 70.8 cm³/mol. The fraction of sp³-hybridized carbons (Fsp3) is 0.267. The Labute approximate surface area is 102 Å². The highest BCUT2D eigenvalue weighted by molar-refractivity contribution is 5.86.